The molecule has 2 nitrogen and oxygen atoms in total. The third-order valence-electron chi connectivity index (χ3n) is 3.58. The highest BCUT2D eigenvalue weighted by molar-refractivity contribution is 6.31. The molecule has 1 atom stereocenters. The molecule has 1 aromatic rings. The lowest BCUT2D eigenvalue weighted by Crippen LogP contribution is -2.34. The number of carbonyl (C=O) groups is 1. The summed E-state index contributed by atoms with van der Waals surface area (Å²) < 4.78 is 0. The maximum absolute atomic E-state index is 11.5. The number of Topliss-reactive ketones (excluding diaryl/α,β-unsaturated/α-hetero) is 1. The van der Waals surface area contributed by atoms with E-state index in [1.165, 1.54) is 19.3 Å². The molecule has 18 heavy (non-hydrogen) atoms. The Bertz CT molecular complexity index is 413. The first-order valence-corrected chi connectivity index (χ1v) is 7.04. The summed E-state index contributed by atoms with van der Waals surface area (Å²) in [5.41, 5.74) is 1.09. The van der Waals surface area contributed by atoms with Crippen molar-refractivity contribution in [2.24, 2.45) is 0 Å². The van der Waals surface area contributed by atoms with E-state index in [0.29, 0.717) is 6.42 Å². The molecule has 1 heterocycles. The van der Waals surface area contributed by atoms with Crippen LogP contribution in [0.2, 0.25) is 5.02 Å². The molecule has 1 saturated heterocycles. The Kier molecular flexibility index (Phi) is 4.79. The van der Waals surface area contributed by atoms with Crippen LogP contribution in [-0.2, 0) is 4.79 Å². The van der Waals surface area contributed by atoms with Gasteiger partial charge in [0.1, 0.15) is 5.78 Å². The summed E-state index contributed by atoms with van der Waals surface area (Å²) in [4.78, 5) is 13.9. The van der Waals surface area contributed by atoms with E-state index in [2.05, 4.69) is 4.90 Å². The minimum Gasteiger partial charge on any atom is -0.300 e. The van der Waals surface area contributed by atoms with E-state index in [-0.39, 0.29) is 11.8 Å². The summed E-state index contributed by atoms with van der Waals surface area (Å²) in [5.74, 6) is 0.227. The fourth-order valence-electron chi connectivity index (χ4n) is 2.68. The van der Waals surface area contributed by atoms with Crippen LogP contribution in [0.25, 0.3) is 0 Å². The number of piperidine rings is 1. The number of benzene rings is 1. The van der Waals surface area contributed by atoms with E-state index in [1.54, 1.807) is 6.92 Å². The van der Waals surface area contributed by atoms with Gasteiger partial charge in [-0.15, -0.1) is 0 Å². The maximum Gasteiger partial charge on any atom is 0.131 e. The smallest absolute Gasteiger partial charge is 0.131 e. The zero-order valence-electron chi connectivity index (χ0n) is 10.9. The molecule has 0 spiro atoms. The highest BCUT2D eigenvalue weighted by atomic mass is 35.5. The molecule has 3 heteroatoms. The van der Waals surface area contributed by atoms with Crippen molar-refractivity contribution in [3.63, 3.8) is 0 Å². The van der Waals surface area contributed by atoms with Crippen LogP contribution in [0, 0.1) is 0 Å². The number of hydrogen-bond donors (Lipinski definition) is 0. The van der Waals surface area contributed by atoms with Gasteiger partial charge in [0, 0.05) is 17.5 Å². The number of ketones is 1. The monoisotopic (exact) mass is 265 g/mol. The molecule has 1 aliphatic heterocycles. The van der Waals surface area contributed by atoms with Gasteiger partial charge in [-0.1, -0.05) is 36.2 Å². The van der Waals surface area contributed by atoms with Crippen molar-refractivity contribution < 1.29 is 4.79 Å². The molecule has 0 N–H and O–H groups in total. The lowest BCUT2D eigenvalue weighted by atomic mass is 9.97. The predicted octanol–water partition coefficient (Wildman–Crippen LogP) is 3.85. The fraction of sp³-hybridized carbons (Fsp3) is 0.533. The van der Waals surface area contributed by atoms with Gasteiger partial charge in [-0.05, 0) is 44.5 Å². The fourth-order valence-corrected chi connectivity index (χ4v) is 2.95. The van der Waals surface area contributed by atoms with Gasteiger partial charge in [-0.2, -0.15) is 0 Å². The van der Waals surface area contributed by atoms with Crippen molar-refractivity contribution in [2.45, 2.75) is 38.6 Å². The Morgan fingerprint density at radius 1 is 1.28 bits per heavy atom. The van der Waals surface area contributed by atoms with E-state index < -0.39 is 0 Å². The number of rotatable bonds is 4. The zero-order chi connectivity index (χ0) is 13.0. The molecule has 0 saturated carbocycles. The molecule has 1 unspecified atom stereocenters. The molecule has 1 aliphatic rings. The van der Waals surface area contributed by atoms with Crippen molar-refractivity contribution in [1.29, 1.82) is 0 Å². The molecular formula is C15H20ClNO. The van der Waals surface area contributed by atoms with Crippen molar-refractivity contribution >= 4 is 17.4 Å². The Morgan fingerprint density at radius 2 is 1.94 bits per heavy atom. The molecular weight excluding hydrogens is 246 g/mol. The Hall–Kier alpha value is -0.860. The van der Waals surface area contributed by atoms with Gasteiger partial charge in [0.15, 0.2) is 0 Å². The van der Waals surface area contributed by atoms with E-state index >= 15 is 0 Å². The molecule has 0 aliphatic carbocycles. The quantitative estimate of drug-likeness (QED) is 0.824. The first-order valence-electron chi connectivity index (χ1n) is 6.66. The maximum atomic E-state index is 11.5. The van der Waals surface area contributed by atoms with Crippen LogP contribution >= 0.6 is 11.6 Å². The van der Waals surface area contributed by atoms with Crippen LogP contribution in [0.1, 0.15) is 44.2 Å². The number of hydrogen-bond acceptors (Lipinski definition) is 2. The second kappa shape index (κ2) is 6.35. The van der Waals surface area contributed by atoms with Crippen LogP contribution < -0.4 is 0 Å². The van der Waals surface area contributed by atoms with Crippen molar-refractivity contribution in [2.75, 3.05) is 13.1 Å². The number of halogens is 1. The van der Waals surface area contributed by atoms with Crippen molar-refractivity contribution in [3.05, 3.63) is 34.9 Å². The van der Waals surface area contributed by atoms with Gasteiger partial charge >= 0.3 is 0 Å². The molecule has 0 radical (unpaired) electrons. The van der Waals surface area contributed by atoms with Crippen LogP contribution in [0.3, 0.4) is 0 Å². The van der Waals surface area contributed by atoms with Gasteiger partial charge in [-0.25, -0.2) is 0 Å². The molecule has 0 aromatic heterocycles. The largest absolute Gasteiger partial charge is 0.300 e. The van der Waals surface area contributed by atoms with Gasteiger partial charge in [0.25, 0.3) is 0 Å². The minimum atomic E-state index is 0.150. The number of carbonyl (C=O) groups excluding carboxylic acids is 1. The molecule has 1 aromatic carbocycles. The van der Waals surface area contributed by atoms with Crippen LogP contribution in [0.5, 0.6) is 0 Å². The predicted molar refractivity (Wildman–Crippen MR) is 74.9 cm³/mol. The minimum absolute atomic E-state index is 0.150. The van der Waals surface area contributed by atoms with Gasteiger partial charge in [-0.3, -0.25) is 9.69 Å². The molecule has 2 rings (SSSR count). The summed E-state index contributed by atoms with van der Waals surface area (Å²) in [6.45, 7) is 3.81. The highest BCUT2D eigenvalue weighted by Gasteiger charge is 2.24. The van der Waals surface area contributed by atoms with E-state index in [4.69, 9.17) is 11.6 Å². The standard InChI is InChI=1S/C15H20ClNO/c1-12(18)11-15(17-9-5-2-6-10-17)13-7-3-4-8-14(13)16/h3-4,7-8,15H,2,5-6,9-11H2,1H3. The lowest BCUT2D eigenvalue weighted by Gasteiger charge is -2.34. The number of likely N-dealkylation sites (tertiary alicyclic amines) is 1. The summed E-state index contributed by atoms with van der Waals surface area (Å²) in [6, 6.07) is 8.04. The summed E-state index contributed by atoms with van der Waals surface area (Å²) in [5, 5.41) is 0.773. The summed E-state index contributed by atoms with van der Waals surface area (Å²) in [6.07, 6.45) is 4.30. The second-order valence-corrected chi connectivity index (χ2v) is 5.45. The molecule has 1 fully saturated rings. The van der Waals surface area contributed by atoms with Crippen LogP contribution in [0.4, 0.5) is 0 Å². The summed E-state index contributed by atoms with van der Waals surface area (Å²) in [7, 11) is 0. The Labute approximate surface area is 114 Å². The molecule has 98 valence electrons. The van der Waals surface area contributed by atoms with Gasteiger partial charge < -0.3 is 0 Å². The van der Waals surface area contributed by atoms with Crippen LogP contribution in [-0.4, -0.2) is 23.8 Å². The normalized spacial score (nSPS) is 18.6. The van der Waals surface area contributed by atoms with Gasteiger partial charge in [0.2, 0.25) is 0 Å². The van der Waals surface area contributed by atoms with E-state index in [1.807, 2.05) is 24.3 Å². The highest BCUT2D eigenvalue weighted by Crippen LogP contribution is 2.32. The Morgan fingerprint density at radius 3 is 2.56 bits per heavy atom. The second-order valence-electron chi connectivity index (χ2n) is 5.04. The SMILES string of the molecule is CC(=O)CC(c1ccccc1Cl)N1CCCCC1. The first kappa shape index (κ1) is 13.6. The van der Waals surface area contributed by atoms with E-state index in [0.717, 1.165) is 23.7 Å². The molecule has 0 amide bonds. The zero-order valence-corrected chi connectivity index (χ0v) is 11.6. The summed E-state index contributed by atoms with van der Waals surface area (Å²) >= 11 is 6.28. The van der Waals surface area contributed by atoms with Crippen LogP contribution in [0.15, 0.2) is 24.3 Å². The Balaban J connectivity index is 2.24. The van der Waals surface area contributed by atoms with Gasteiger partial charge in [0.05, 0.1) is 0 Å². The third-order valence-corrected chi connectivity index (χ3v) is 3.92. The van der Waals surface area contributed by atoms with E-state index in [9.17, 15) is 4.79 Å². The average molecular weight is 266 g/mol. The van der Waals surface area contributed by atoms with Crippen molar-refractivity contribution in [1.82, 2.24) is 4.90 Å². The lowest BCUT2D eigenvalue weighted by molar-refractivity contribution is -0.118. The topological polar surface area (TPSA) is 20.3 Å². The third kappa shape index (κ3) is 3.33. The van der Waals surface area contributed by atoms with Crippen molar-refractivity contribution in [3.8, 4) is 0 Å². The average Bonchev–Trinajstić information content (AvgIpc) is 2.38. The molecule has 0 bridgehead atoms. The first-order chi connectivity index (χ1) is 8.68. The number of nitrogens with zero attached hydrogens (tertiary/aromatic N) is 1.